The van der Waals surface area contributed by atoms with Crippen molar-refractivity contribution in [1.29, 1.82) is 0 Å². The van der Waals surface area contributed by atoms with Crippen LogP contribution in [0.15, 0.2) is 58.1 Å². The fourth-order valence-electron chi connectivity index (χ4n) is 2.47. The smallest absolute Gasteiger partial charge is 0.226 e. The van der Waals surface area contributed by atoms with E-state index in [1.165, 1.54) is 0 Å². The van der Waals surface area contributed by atoms with E-state index in [1.54, 1.807) is 13.3 Å². The molecule has 0 radical (unpaired) electrons. The zero-order valence-corrected chi connectivity index (χ0v) is 15.1. The first-order valence-corrected chi connectivity index (χ1v) is 8.45. The minimum Gasteiger partial charge on any atom is -0.444 e. The molecule has 0 saturated carbocycles. The van der Waals surface area contributed by atoms with Crippen LogP contribution in [-0.4, -0.2) is 18.0 Å². The summed E-state index contributed by atoms with van der Waals surface area (Å²) in [7, 11) is 1.60. The van der Waals surface area contributed by atoms with Gasteiger partial charge in [-0.25, -0.2) is 13.8 Å². The Bertz CT molecular complexity index is 935. The van der Waals surface area contributed by atoms with Crippen molar-refractivity contribution in [3.8, 4) is 11.5 Å². The highest BCUT2D eigenvalue weighted by molar-refractivity contribution is 5.79. The lowest BCUT2D eigenvalue weighted by molar-refractivity contribution is 0.572. The van der Waals surface area contributed by atoms with Gasteiger partial charge < -0.3 is 15.1 Å². The lowest BCUT2D eigenvalue weighted by Crippen LogP contribution is -2.36. The topological polar surface area (TPSA) is 62.5 Å². The Morgan fingerprint density at radius 3 is 2.56 bits per heavy atom. The number of guanidine groups is 1. The summed E-state index contributed by atoms with van der Waals surface area (Å²) < 4.78 is 32.4. The molecule has 0 aliphatic carbocycles. The Kier molecular flexibility index (Phi) is 5.80. The van der Waals surface area contributed by atoms with Crippen molar-refractivity contribution in [3.05, 3.63) is 77.2 Å². The van der Waals surface area contributed by atoms with Gasteiger partial charge in [0.05, 0.1) is 12.2 Å². The molecule has 2 N–H and O–H groups in total. The molecule has 27 heavy (non-hydrogen) atoms. The molecule has 5 nitrogen and oxygen atoms in total. The highest BCUT2D eigenvalue weighted by Gasteiger charge is 2.08. The summed E-state index contributed by atoms with van der Waals surface area (Å²) in [4.78, 5) is 8.50. The molecule has 0 spiro atoms. The molecule has 0 saturated heterocycles. The molecule has 7 heteroatoms. The second kappa shape index (κ2) is 8.44. The van der Waals surface area contributed by atoms with Crippen LogP contribution in [0.25, 0.3) is 11.5 Å². The Labute approximate surface area is 156 Å². The average Bonchev–Trinajstić information content (AvgIpc) is 3.14. The van der Waals surface area contributed by atoms with Gasteiger partial charge in [-0.15, -0.1) is 0 Å². The van der Waals surface area contributed by atoms with Crippen LogP contribution in [0.3, 0.4) is 0 Å². The molecule has 1 aromatic heterocycles. The van der Waals surface area contributed by atoms with Crippen molar-refractivity contribution in [2.45, 2.75) is 20.0 Å². The molecule has 0 aliphatic rings. The number of rotatable bonds is 5. The van der Waals surface area contributed by atoms with Crippen molar-refractivity contribution in [2.75, 3.05) is 7.05 Å². The largest absolute Gasteiger partial charge is 0.444 e. The molecule has 0 aliphatic heterocycles. The van der Waals surface area contributed by atoms with Crippen molar-refractivity contribution >= 4 is 5.96 Å². The zero-order valence-electron chi connectivity index (χ0n) is 15.1. The summed E-state index contributed by atoms with van der Waals surface area (Å²) in [6.45, 7) is 2.50. The van der Waals surface area contributed by atoms with Gasteiger partial charge in [0.15, 0.2) is 5.96 Å². The number of hydrogen-bond donors (Lipinski definition) is 2. The number of nitrogens with one attached hydrogen (secondary N) is 2. The third-order valence-electron chi connectivity index (χ3n) is 3.96. The molecule has 0 bridgehead atoms. The van der Waals surface area contributed by atoms with Gasteiger partial charge in [-0.1, -0.05) is 17.7 Å². The maximum atomic E-state index is 13.7. The number of aliphatic imine (C=N–C) groups is 1. The SMILES string of the molecule is CN=C(NCc1coc(-c2ccc(C)cc2)n1)NCc1cc(F)ccc1F. The Morgan fingerprint density at radius 1 is 1.07 bits per heavy atom. The quantitative estimate of drug-likeness (QED) is 0.530. The molecule has 3 rings (SSSR count). The average molecular weight is 370 g/mol. The fourth-order valence-corrected chi connectivity index (χ4v) is 2.47. The van der Waals surface area contributed by atoms with Gasteiger partial charge in [0.1, 0.15) is 17.9 Å². The van der Waals surface area contributed by atoms with Gasteiger partial charge >= 0.3 is 0 Å². The zero-order chi connectivity index (χ0) is 19.2. The van der Waals surface area contributed by atoms with Crippen LogP contribution in [-0.2, 0) is 13.1 Å². The summed E-state index contributed by atoms with van der Waals surface area (Å²) in [5, 5.41) is 6.01. The highest BCUT2D eigenvalue weighted by Crippen LogP contribution is 2.19. The maximum absolute atomic E-state index is 13.7. The normalized spacial score (nSPS) is 11.5. The van der Waals surface area contributed by atoms with Gasteiger partial charge in [-0.05, 0) is 37.3 Å². The fraction of sp³-hybridized carbons (Fsp3) is 0.200. The first-order valence-electron chi connectivity index (χ1n) is 8.45. The van der Waals surface area contributed by atoms with Gasteiger partial charge in [-0.3, -0.25) is 4.99 Å². The van der Waals surface area contributed by atoms with E-state index in [9.17, 15) is 8.78 Å². The molecular weight excluding hydrogens is 350 g/mol. The predicted molar refractivity (Wildman–Crippen MR) is 100 cm³/mol. The summed E-state index contributed by atoms with van der Waals surface area (Å²) in [5.41, 5.74) is 2.99. The molecule has 2 aromatic carbocycles. The van der Waals surface area contributed by atoms with Crippen LogP contribution < -0.4 is 10.6 Å². The Hall–Kier alpha value is -3.22. The minimum absolute atomic E-state index is 0.108. The third kappa shape index (κ3) is 4.91. The van der Waals surface area contributed by atoms with Gasteiger partial charge in [-0.2, -0.15) is 0 Å². The van der Waals surface area contributed by atoms with E-state index < -0.39 is 11.6 Å². The van der Waals surface area contributed by atoms with Crippen LogP contribution in [0, 0.1) is 18.6 Å². The number of aromatic nitrogens is 1. The summed E-state index contributed by atoms with van der Waals surface area (Å²) in [6.07, 6.45) is 1.57. The van der Waals surface area contributed by atoms with Crippen molar-refractivity contribution < 1.29 is 13.2 Å². The van der Waals surface area contributed by atoms with E-state index in [2.05, 4.69) is 20.6 Å². The predicted octanol–water partition coefficient (Wildman–Crippen LogP) is 3.79. The van der Waals surface area contributed by atoms with Gasteiger partial charge in [0, 0.05) is 24.7 Å². The molecule has 0 fully saturated rings. The van der Waals surface area contributed by atoms with E-state index in [4.69, 9.17) is 4.42 Å². The number of nitrogens with zero attached hydrogens (tertiary/aromatic N) is 2. The van der Waals surface area contributed by atoms with E-state index in [0.717, 1.165) is 29.3 Å². The molecule has 140 valence electrons. The molecule has 3 aromatic rings. The van der Waals surface area contributed by atoms with E-state index >= 15 is 0 Å². The molecule has 0 amide bonds. The first-order chi connectivity index (χ1) is 13.0. The lowest BCUT2D eigenvalue weighted by atomic mass is 10.1. The lowest BCUT2D eigenvalue weighted by Gasteiger charge is -2.11. The molecule has 0 unspecified atom stereocenters. The summed E-state index contributed by atoms with van der Waals surface area (Å²) in [5.74, 6) is 0.0242. The monoisotopic (exact) mass is 370 g/mol. The van der Waals surface area contributed by atoms with Crippen LogP contribution >= 0.6 is 0 Å². The van der Waals surface area contributed by atoms with E-state index in [1.807, 2.05) is 31.2 Å². The van der Waals surface area contributed by atoms with Gasteiger partial charge in [0.25, 0.3) is 0 Å². The summed E-state index contributed by atoms with van der Waals surface area (Å²) in [6, 6.07) is 11.2. The Morgan fingerprint density at radius 2 is 1.81 bits per heavy atom. The van der Waals surface area contributed by atoms with Crippen molar-refractivity contribution in [2.24, 2.45) is 4.99 Å². The highest BCUT2D eigenvalue weighted by atomic mass is 19.1. The van der Waals surface area contributed by atoms with Crippen molar-refractivity contribution in [3.63, 3.8) is 0 Å². The number of hydrogen-bond acceptors (Lipinski definition) is 3. The van der Waals surface area contributed by atoms with Crippen LogP contribution in [0.5, 0.6) is 0 Å². The van der Waals surface area contributed by atoms with Crippen molar-refractivity contribution in [1.82, 2.24) is 15.6 Å². The second-order valence-corrected chi connectivity index (χ2v) is 6.03. The number of oxazole rings is 1. The molecular formula is C20H20F2N4O. The second-order valence-electron chi connectivity index (χ2n) is 6.03. The molecule has 1 heterocycles. The first kappa shape index (κ1) is 18.6. The van der Waals surface area contributed by atoms with Crippen LogP contribution in [0.1, 0.15) is 16.8 Å². The van der Waals surface area contributed by atoms with E-state index in [0.29, 0.717) is 24.1 Å². The maximum Gasteiger partial charge on any atom is 0.226 e. The number of halogens is 2. The number of aryl methyl sites for hydroxylation is 1. The molecule has 0 atom stereocenters. The number of benzene rings is 2. The van der Waals surface area contributed by atoms with Crippen LogP contribution in [0.2, 0.25) is 0 Å². The third-order valence-corrected chi connectivity index (χ3v) is 3.96. The van der Waals surface area contributed by atoms with E-state index in [-0.39, 0.29) is 12.1 Å². The van der Waals surface area contributed by atoms with Crippen LogP contribution in [0.4, 0.5) is 8.78 Å². The van der Waals surface area contributed by atoms with Gasteiger partial charge in [0.2, 0.25) is 5.89 Å². The minimum atomic E-state index is -0.484. The Balaban J connectivity index is 1.57. The summed E-state index contributed by atoms with van der Waals surface area (Å²) >= 11 is 0. The standard InChI is InChI=1S/C20H20F2N4O/c1-13-3-5-14(6-4-13)19-26-17(12-27-19)11-25-20(23-2)24-10-15-9-16(21)7-8-18(15)22/h3-9,12H,10-11H2,1-2H3,(H2,23,24,25).